The summed E-state index contributed by atoms with van der Waals surface area (Å²) in [5.41, 5.74) is -4.35. The van der Waals surface area contributed by atoms with Crippen LogP contribution < -0.4 is 0 Å². The maximum Gasteiger partial charge on any atom is 0.226 e. The Bertz CT molecular complexity index is 364. The maximum absolute atomic E-state index is 5.85. The van der Waals surface area contributed by atoms with E-state index in [0.29, 0.717) is 0 Å². The molecule has 1 nitrogen and oxygen atoms in total. The number of hydrogen-bond donors (Lipinski definition) is 0. The number of ether oxygens (including phenoxy) is 1. The molecule has 0 aliphatic carbocycles. The molecule has 1 aliphatic heterocycles. The monoisotopic (exact) mass is 534 g/mol. The van der Waals surface area contributed by atoms with Crippen molar-refractivity contribution in [3.63, 3.8) is 0 Å². The molecule has 0 radical (unpaired) electrons. The van der Waals surface area contributed by atoms with Crippen LogP contribution in [-0.4, -0.2) is 26.4 Å². The van der Waals surface area contributed by atoms with Gasteiger partial charge >= 0.3 is 0 Å². The molecule has 0 aromatic carbocycles. The second-order valence-electron chi connectivity index (χ2n) is 3.90. The van der Waals surface area contributed by atoms with Crippen molar-refractivity contribution >= 4 is 139 Å². The van der Waals surface area contributed by atoms with E-state index in [0.717, 1.165) is 12.2 Å². The molecule has 0 bridgehead atoms. The molecule has 0 aromatic rings. The molecule has 0 amide bonds. The third kappa shape index (κ3) is 3.82. The Kier molecular flexibility index (Phi) is 6.78. The number of halogens is 12. The summed E-state index contributed by atoms with van der Waals surface area (Å²) in [6.45, 7) is 0. The Morgan fingerprint density at radius 2 is 0.667 bits per heavy atom. The number of alkyl halides is 12. The zero-order valence-electron chi connectivity index (χ0n) is 9.10. The summed E-state index contributed by atoms with van der Waals surface area (Å²) in [4.78, 5) is 0. The van der Waals surface area contributed by atoms with E-state index in [9.17, 15) is 0 Å². The predicted molar refractivity (Wildman–Crippen MR) is 96.8 cm³/mol. The fourth-order valence-corrected chi connectivity index (χ4v) is 5.28. The zero-order chi connectivity index (χ0) is 17.1. The topological polar surface area (TPSA) is 9.23 Å². The summed E-state index contributed by atoms with van der Waals surface area (Å²) >= 11 is 70.2. The first-order valence-electron chi connectivity index (χ1n) is 4.59. The van der Waals surface area contributed by atoms with Crippen molar-refractivity contribution in [2.75, 3.05) is 0 Å². The minimum absolute atomic E-state index is 1.07. The van der Waals surface area contributed by atoms with Gasteiger partial charge < -0.3 is 4.74 Å². The fraction of sp³-hybridized carbons (Fsp3) is 0.750. The summed E-state index contributed by atoms with van der Waals surface area (Å²) in [5.74, 6) is 0. The summed E-state index contributed by atoms with van der Waals surface area (Å²) in [6.07, 6.45) is 2.13. The Balaban J connectivity index is 3.55. The number of rotatable bonds is 0. The van der Waals surface area contributed by atoms with Crippen LogP contribution in [0.4, 0.5) is 0 Å². The molecule has 1 aliphatic rings. The van der Waals surface area contributed by atoms with Crippen molar-refractivity contribution in [3.05, 3.63) is 12.2 Å². The van der Waals surface area contributed by atoms with Crippen molar-refractivity contribution in [1.82, 2.24) is 0 Å². The van der Waals surface area contributed by atoms with E-state index in [2.05, 4.69) is 0 Å². The van der Waals surface area contributed by atoms with Gasteiger partial charge in [0, 0.05) is 0 Å². The highest BCUT2D eigenvalue weighted by atomic mass is 35.6. The van der Waals surface area contributed by atoms with Crippen LogP contribution in [0.3, 0.4) is 0 Å². The molecule has 124 valence electrons. The normalized spacial score (nSPS) is 22.7. The van der Waals surface area contributed by atoms with Crippen molar-refractivity contribution in [3.8, 4) is 0 Å². The van der Waals surface area contributed by atoms with Crippen LogP contribution >= 0.6 is 139 Å². The molecule has 0 fully saturated rings. The van der Waals surface area contributed by atoms with Crippen LogP contribution in [0.5, 0.6) is 0 Å². The van der Waals surface area contributed by atoms with E-state index in [-0.39, 0.29) is 0 Å². The van der Waals surface area contributed by atoms with Crippen molar-refractivity contribution in [2.24, 2.45) is 0 Å². The molecule has 21 heavy (non-hydrogen) atoms. The van der Waals surface area contributed by atoms with Gasteiger partial charge in [-0.2, -0.15) is 0 Å². The van der Waals surface area contributed by atoms with E-state index in [1.807, 2.05) is 0 Å². The van der Waals surface area contributed by atoms with Gasteiger partial charge in [-0.05, 0) is 12.2 Å². The van der Waals surface area contributed by atoms with Gasteiger partial charge in [0.05, 0.1) is 0 Å². The van der Waals surface area contributed by atoms with Gasteiger partial charge in [-0.15, -0.1) is 0 Å². The largest absolute Gasteiger partial charge is 0.342 e. The van der Waals surface area contributed by atoms with Gasteiger partial charge in [0.15, 0.2) is 11.2 Å². The van der Waals surface area contributed by atoms with Gasteiger partial charge in [0.2, 0.25) is 15.2 Å². The average Bonchev–Trinajstić information content (AvgIpc) is 2.54. The standard InChI is InChI=1S/C8H2Cl12O/c9-5(10,11)3(6(12,13)14)1-2-4(21-3,7(15,16)17)8(18,19)20/h1-2H. The third-order valence-electron chi connectivity index (χ3n) is 2.56. The highest BCUT2D eigenvalue weighted by Gasteiger charge is 2.73. The van der Waals surface area contributed by atoms with Crippen LogP contribution in [-0.2, 0) is 4.74 Å². The highest BCUT2D eigenvalue weighted by Crippen LogP contribution is 2.65. The van der Waals surface area contributed by atoms with Crippen LogP contribution in [0.25, 0.3) is 0 Å². The van der Waals surface area contributed by atoms with Crippen LogP contribution in [0.2, 0.25) is 0 Å². The Hall–Kier alpha value is 3.18. The van der Waals surface area contributed by atoms with Crippen LogP contribution in [0.15, 0.2) is 12.2 Å². The molecule has 0 spiro atoms. The molecular formula is C8H2Cl12O. The van der Waals surface area contributed by atoms with Crippen LogP contribution in [0.1, 0.15) is 0 Å². The van der Waals surface area contributed by atoms with Crippen molar-refractivity contribution < 1.29 is 4.74 Å². The van der Waals surface area contributed by atoms with E-state index in [1.54, 1.807) is 0 Å². The smallest absolute Gasteiger partial charge is 0.226 e. The molecule has 13 heteroatoms. The summed E-state index contributed by atoms with van der Waals surface area (Å²) in [6, 6.07) is 0. The van der Waals surface area contributed by atoms with Crippen LogP contribution in [0, 0.1) is 0 Å². The van der Waals surface area contributed by atoms with E-state index < -0.39 is 26.4 Å². The molecular weight excluding hydrogens is 538 g/mol. The lowest BCUT2D eigenvalue weighted by Crippen LogP contribution is -2.61. The zero-order valence-corrected chi connectivity index (χ0v) is 18.2. The van der Waals surface area contributed by atoms with Gasteiger partial charge in [-0.1, -0.05) is 139 Å². The van der Waals surface area contributed by atoms with Crippen molar-refractivity contribution in [2.45, 2.75) is 26.4 Å². The lowest BCUT2D eigenvalue weighted by atomic mass is 10.1. The minimum Gasteiger partial charge on any atom is -0.342 e. The Morgan fingerprint density at radius 3 is 0.762 bits per heavy atom. The average molecular weight is 540 g/mol. The first kappa shape index (κ1) is 22.2. The SMILES string of the molecule is ClC(Cl)(Cl)C1(C(Cl)(Cl)Cl)C=CC(C(Cl)(Cl)Cl)(C(Cl)(Cl)Cl)O1. The second kappa shape index (κ2) is 6.41. The number of hydrogen-bond acceptors (Lipinski definition) is 1. The molecule has 0 unspecified atom stereocenters. The summed E-state index contributed by atoms with van der Waals surface area (Å²) in [7, 11) is 0. The Morgan fingerprint density at radius 1 is 0.476 bits per heavy atom. The first-order valence-corrected chi connectivity index (χ1v) is 9.12. The lowest BCUT2D eigenvalue weighted by Gasteiger charge is -2.47. The molecule has 1 heterocycles. The molecule has 0 saturated heterocycles. The molecule has 0 aromatic heterocycles. The van der Waals surface area contributed by atoms with Gasteiger partial charge in [0.25, 0.3) is 0 Å². The molecule has 0 N–H and O–H groups in total. The predicted octanol–water partition coefficient (Wildman–Crippen LogP) is 7.53. The van der Waals surface area contributed by atoms with E-state index in [4.69, 9.17) is 144 Å². The van der Waals surface area contributed by atoms with Gasteiger partial charge in [-0.25, -0.2) is 0 Å². The molecule has 0 atom stereocenters. The first-order chi connectivity index (χ1) is 8.91. The maximum atomic E-state index is 5.85. The summed E-state index contributed by atoms with van der Waals surface area (Å²) < 4.78 is -3.66. The lowest BCUT2D eigenvalue weighted by molar-refractivity contribution is -0.0808. The summed E-state index contributed by atoms with van der Waals surface area (Å²) in [5, 5.41) is 0. The van der Waals surface area contributed by atoms with E-state index >= 15 is 0 Å². The minimum atomic E-state index is -2.29. The van der Waals surface area contributed by atoms with Gasteiger partial charge in [-0.3, -0.25) is 0 Å². The quantitative estimate of drug-likeness (QED) is 0.228. The van der Waals surface area contributed by atoms with Gasteiger partial charge in [0.1, 0.15) is 0 Å². The molecule has 1 rings (SSSR count). The second-order valence-corrected chi connectivity index (χ2v) is 13.0. The molecule has 0 saturated carbocycles. The van der Waals surface area contributed by atoms with E-state index in [1.165, 1.54) is 0 Å². The van der Waals surface area contributed by atoms with Crippen molar-refractivity contribution in [1.29, 1.82) is 0 Å². The Labute approximate surface area is 180 Å². The highest BCUT2D eigenvalue weighted by molar-refractivity contribution is 6.75. The third-order valence-corrected chi connectivity index (χ3v) is 5.93. The fourth-order valence-electron chi connectivity index (χ4n) is 1.49.